The molecule has 26 heavy (non-hydrogen) atoms. The van der Waals surface area contributed by atoms with Crippen LogP contribution in [0.3, 0.4) is 0 Å². The second-order valence-corrected chi connectivity index (χ2v) is 6.89. The van der Waals surface area contributed by atoms with E-state index in [1.807, 2.05) is 60.1 Å². The van der Waals surface area contributed by atoms with Crippen LogP contribution in [0, 0.1) is 0 Å². The lowest BCUT2D eigenvalue weighted by Crippen LogP contribution is -2.32. The Bertz CT molecular complexity index is 1040. The van der Waals surface area contributed by atoms with Gasteiger partial charge in [0.15, 0.2) is 0 Å². The van der Waals surface area contributed by atoms with E-state index in [2.05, 4.69) is 15.3 Å². The van der Waals surface area contributed by atoms with Crippen LogP contribution in [0.2, 0.25) is 0 Å². The van der Waals surface area contributed by atoms with Gasteiger partial charge in [0.05, 0.1) is 10.9 Å². The predicted molar refractivity (Wildman–Crippen MR) is 105 cm³/mol. The minimum atomic E-state index is -0.202. The lowest BCUT2D eigenvalue weighted by molar-refractivity contribution is 0.0942. The molecule has 0 aliphatic carbocycles. The van der Waals surface area contributed by atoms with Crippen LogP contribution in [-0.2, 0) is 0 Å². The molecular weight excluding hydrogens is 344 g/mol. The Morgan fingerprint density at radius 2 is 2.08 bits per heavy atom. The first-order valence-electron chi connectivity index (χ1n) is 8.33. The maximum Gasteiger partial charge on any atom is 0.261 e. The molecule has 0 aliphatic heterocycles. The molecule has 4 aromatic rings. The molecule has 0 fully saturated rings. The quantitative estimate of drug-likeness (QED) is 0.506. The van der Waals surface area contributed by atoms with Crippen LogP contribution in [0.1, 0.15) is 21.3 Å². The van der Waals surface area contributed by atoms with Gasteiger partial charge >= 0.3 is 0 Å². The highest BCUT2D eigenvalue weighted by molar-refractivity contribution is 7.12. The van der Waals surface area contributed by atoms with Gasteiger partial charge in [-0.05, 0) is 34.7 Å². The van der Waals surface area contributed by atoms with Crippen LogP contribution in [0.15, 0.2) is 66.3 Å². The molecule has 0 radical (unpaired) electrons. The number of thiophene rings is 1. The number of carbonyl (C=O) groups excluding carboxylic acids is 1. The summed E-state index contributed by atoms with van der Waals surface area (Å²) >= 11 is 1.42. The van der Waals surface area contributed by atoms with Gasteiger partial charge in [0.25, 0.3) is 5.91 Å². The predicted octanol–water partition coefficient (Wildman–Crippen LogP) is 3.72. The smallest absolute Gasteiger partial charge is 0.261 e. The molecule has 1 amide bonds. The van der Waals surface area contributed by atoms with E-state index in [0.717, 1.165) is 27.7 Å². The van der Waals surface area contributed by atoms with Gasteiger partial charge in [0, 0.05) is 29.9 Å². The van der Waals surface area contributed by atoms with Gasteiger partial charge in [-0.15, -0.1) is 11.3 Å². The molecule has 3 aromatic heterocycles. The summed E-state index contributed by atoms with van der Waals surface area (Å²) in [7, 11) is 0. The maximum atomic E-state index is 12.7. The summed E-state index contributed by atoms with van der Waals surface area (Å²) in [6.45, 7) is 0.349. The van der Waals surface area contributed by atoms with Crippen molar-refractivity contribution in [2.75, 3.05) is 6.54 Å². The molecule has 130 valence electrons. The fourth-order valence-electron chi connectivity index (χ4n) is 2.98. The number of H-pyrrole nitrogens is 1. The summed E-state index contributed by atoms with van der Waals surface area (Å²) < 4.78 is 0. The van der Waals surface area contributed by atoms with Crippen molar-refractivity contribution in [1.29, 1.82) is 0 Å². The average Bonchev–Trinajstić information content (AvgIpc) is 3.33. The summed E-state index contributed by atoms with van der Waals surface area (Å²) in [4.78, 5) is 20.8. The molecule has 3 heterocycles. The molecule has 6 heteroatoms. The van der Waals surface area contributed by atoms with Crippen LogP contribution in [0.4, 0.5) is 0 Å². The van der Waals surface area contributed by atoms with E-state index in [0.29, 0.717) is 11.4 Å². The second-order valence-electron chi connectivity index (χ2n) is 5.97. The molecule has 5 nitrogen and oxygen atoms in total. The van der Waals surface area contributed by atoms with Crippen LogP contribution in [-0.4, -0.2) is 22.4 Å². The summed E-state index contributed by atoms with van der Waals surface area (Å²) in [6, 6.07) is 15.4. The van der Waals surface area contributed by atoms with E-state index >= 15 is 0 Å². The molecule has 0 saturated carbocycles. The Morgan fingerprint density at radius 3 is 2.88 bits per heavy atom. The van der Waals surface area contributed by atoms with Gasteiger partial charge in [-0.25, -0.2) is 4.98 Å². The van der Waals surface area contributed by atoms with Gasteiger partial charge in [-0.3, -0.25) is 4.79 Å². The van der Waals surface area contributed by atoms with Crippen molar-refractivity contribution in [3.63, 3.8) is 0 Å². The van der Waals surface area contributed by atoms with Crippen molar-refractivity contribution in [2.45, 2.75) is 6.04 Å². The van der Waals surface area contributed by atoms with E-state index in [9.17, 15) is 4.79 Å². The molecule has 0 saturated heterocycles. The van der Waals surface area contributed by atoms with Gasteiger partial charge in [-0.1, -0.05) is 30.3 Å². The SMILES string of the molecule is NC[C@H](NC(=O)c1cc(-c2c[nH]c3ncccc23)cs1)c1ccccc1. The molecule has 4 rings (SSSR count). The van der Waals surface area contributed by atoms with Crippen molar-refractivity contribution in [3.8, 4) is 11.1 Å². The first-order chi connectivity index (χ1) is 12.8. The largest absolute Gasteiger partial charge is 0.346 e. The number of aromatic nitrogens is 2. The number of hydrogen-bond acceptors (Lipinski definition) is 4. The van der Waals surface area contributed by atoms with Gasteiger partial charge < -0.3 is 16.0 Å². The zero-order valence-corrected chi connectivity index (χ0v) is 14.8. The third-order valence-electron chi connectivity index (χ3n) is 4.33. The Labute approximate surface area is 154 Å². The number of nitrogens with zero attached hydrogens (tertiary/aromatic N) is 1. The molecule has 0 unspecified atom stereocenters. The van der Waals surface area contributed by atoms with Crippen molar-refractivity contribution in [3.05, 3.63) is 76.7 Å². The number of benzene rings is 1. The number of carbonyl (C=O) groups is 1. The number of rotatable bonds is 5. The second kappa shape index (κ2) is 7.11. The molecule has 1 atom stereocenters. The van der Waals surface area contributed by atoms with E-state index in [4.69, 9.17) is 5.73 Å². The van der Waals surface area contributed by atoms with Crippen molar-refractivity contribution in [1.82, 2.24) is 15.3 Å². The van der Waals surface area contributed by atoms with Crippen LogP contribution in [0.5, 0.6) is 0 Å². The molecule has 0 aliphatic rings. The number of nitrogens with one attached hydrogen (secondary N) is 2. The minimum Gasteiger partial charge on any atom is -0.346 e. The average molecular weight is 362 g/mol. The summed E-state index contributed by atoms with van der Waals surface area (Å²) in [5.74, 6) is -0.112. The topological polar surface area (TPSA) is 83.8 Å². The van der Waals surface area contributed by atoms with E-state index < -0.39 is 0 Å². The Hall–Kier alpha value is -2.96. The number of nitrogens with two attached hydrogens (primary N) is 1. The minimum absolute atomic E-state index is 0.112. The van der Waals surface area contributed by atoms with Gasteiger partial charge in [0.2, 0.25) is 0 Å². The normalized spacial score (nSPS) is 12.2. The van der Waals surface area contributed by atoms with E-state index in [1.165, 1.54) is 11.3 Å². The van der Waals surface area contributed by atoms with E-state index in [-0.39, 0.29) is 11.9 Å². The number of aromatic amines is 1. The number of fused-ring (bicyclic) bond motifs is 1. The third-order valence-corrected chi connectivity index (χ3v) is 5.26. The van der Waals surface area contributed by atoms with Gasteiger partial charge in [-0.2, -0.15) is 0 Å². The molecular formula is C20H18N4OS. The third kappa shape index (κ3) is 3.12. The fraction of sp³-hybridized carbons (Fsp3) is 0.100. The Kier molecular flexibility index (Phi) is 4.51. The number of amides is 1. The van der Waals surface area contributed by atoms with Gasteiger partial charge in [0.1, 0.15) is 5.65 Å². The van der Waals surface area contributed by atoms with Crippen molar-refractivity contribution in [2.24, 2.45) is 5.73 Å². The number of hydrogen-bond donors (Lipinski definition) is 3. The summed E-state index contributed by atoms with van der Waals surface area (Å²) in [5.41, 5.74) is 9.74. The monoisotopic (exact) mass is 362 g/mol. The Balaban J connectivity index is 1.57. The highest BCUT2D eigenvalue weighted by atomic mass is 32.1. The first kappa shape index (κ1) is 16.5. The fourth-order valence-corrected chi connectivity index (χ4v) is 3.79. The summed E-state index contributed by atoms with van der Waals surface area (Å²) in [5, 5.41) is 6.05. The first-order valence-corrected chi connectivity index (χ1v) is 9.21. The lowest BCUT2D eigenvalue weighted by Gasteiger charge is -2.16. The maximum absolute atomic E-state index is 12.7. The highest BCUT2D eigenvalue weighted by Gasteiger charge is 2.17. The van der Waals surface area contributed by atoms with Crippen molar-refractivity contribution >= 4 is 28.3 Å². The van der Waals surface area contributed by atoms with E-state index in [1.54, 1.807) is 6.20 Å². The molecule has 0 bridgehead atoms. The molecule has 4 N–H and O–H groups in total. The summed E-state index contributed by atoms with van der Waals surface area (Å²) in [6.07, 6.45) is 3.68. The number of pyridine rings is 1. The Morgan fingerprint density at radius 1 is 1.23 bits per heavy atom. The molecule has 1 aromatic carbocycles. The van der Waals surface area contributed by atoms with Crippen LogP contribution < -0.4 is 11.1 Å². The van der Waals surface area contributed by atoms with Crippen LogP contribution in [0.25, 0.3) is 22.2 Å². The standard InChI is InChI=1S/C20H18N4OS/c21-10-17(13-5-2-1-3-6-13)24-20(25)18-9-14(12-26-18)16-11-23-19-15(16)7-4-8-22-19/h1-9,11-12,17H,10,21H2,(H,22,23)(H,24,25)/t17-/m0/s1. The van der Waals surface area contributed by atoms with Crippen molar-refractivity contribution < 1.29 is 4.79 Å². The molecule has 0 spiro atoms. The lowest BCUT2D eigenvalue weighted by atomic mass is 10.1. The zero-order valence-electron chi connectivity index (χ0n) is 14.0. The highest BCUT2D eigenvalue weighted by Crippen LogP contribution is 2.31. The van der Waals surface area contributed by atoms with Crippen LogP contribution >= 0.6 is 11.3 Å². The zero-order chi connectivity index (χ0) is 17.9.